The zero-order chi connectivity index (χ0) is 15.9. The van der Waals surface area contributed by atoms with Crippen LogP contribution < -0.4 is 0 Å². The van der Waals surface area contributed by atoms with Gasteiger partial charge in [0.2, 0.25) is 0 Å². The molecule has 0 unspecified atom stereocenters. The molecule has 22 heavy (non-hydrogen) atoms. The van der Waals surface area contributed by atoms with Gasteiger partial charge in [0.1, 0.15) is 0 Å². The molecule has 0 saturated carbocycles. The van der Waals surface area contributed by atoms with Gasteiger partial charge in [-0.2, -0.15) is 0 Å². The van der Waals surface area contributed by atoms with E-state index in [2.05, 4.69) is 13.8 Å². The van der Waals surface area contributed by atoms with Gasteiger partial charge in [0, 0.05) is 0 Å². The van der Waals surface area contributed by atoms with Crippen molar-refractivity contribution in [3.63, 3.8) is 0 Å². The third-order valence-electron chi connectivity index (χ3n) is 6.04. The van der Waals surface area contributed by atoms with Gasteiger partial charge in [-0.1, -0.05) is 0 Å². The Morgan fingerprint density at radius 2 is 0.909 bits per heavy atom. The second kappa shape index (κ2) is 14.2. The molecular formula is C21H44Sn. The van der Waals surface area contributed by atoms with Crippen LogP contribution >= 0.6 is 0 Å². The summed E-state index contributed by atoms with van der Waals surface area (Å²) in [4.78, 5) is 0. The van der Waals surface area contributed by atoms with E-state index in [1.807, 2.05) is 0 Å². The van der Waals surface area contributed by atoms with Crippen molar-refractivity contribution in [3.8, 4) is 0 Å². The Hall–Kier alpha value is 0.799. The van der Waals surface area contributed by atoms with Crippen LogP contribution in [0.2, 0.25) is 17.7 Å². The molecule has 0 bridgehead atoms. The summed E-state index contributed by atoms with van der Waals surface area (Å²) in [6, 6.07) is 0. The van der Waals surface area contributed by atoms with Gasteiger partial charge in [0.25, 0.3) is 0 Å². The SMILES string of the molecule is CCCCCCC[CH2][Sn]1([CH2]CCCCCCC)[CH2]CCC[CH2]1. The van der Waals surface area contributed by atoms with Gasteiger partial charge < -0.3 is 0 Å². The monoisotopic (exact) mass is 416 g/mol. The summed E-state index contributed by atoms with van der Waals surface area (Å²) in [6.45, 7) is 4.65. The number of hydrogen-bond acceptors (Lipinski definition) is 0. The minimum atomic E-state index is -1.63. The number of unbranched alkanes of at least 4 members (excludes halogenated alkanes) is 10. The van der Waals surface area contributed by atoms with E-state index in [1.54, 1.807) is 62.7 Å². The van der Waals surface area contributed by atoms with E-state index in [0.717, 1.165) is 0 Å². The summed E-state index contributed by atoms with van der Waals surface area (Å²) in [6.07, 6.45) is 22.8. The molecular weight excluding hydrogens is 371 g/mol. The van der Waals surface area contributed by atoms with Crippen LogP contribution in [0, 0.1) is 0 Å². The van der Waals surface area contributed by atoms with Crippen molar-refractivity contribution >= 4 is 18.4 Å². The Labute approximate surface area is 146 Å². The average molecular weight is 415 g/mol. The zero-order valence-corrected chi connectivity index (χ0v) is 18.8. The summed E-state index contributed by atoms with van der Waals surface area (Å²) >= 11 is -1.63. The quantitative estimate of drug-likeness (QED) is 0.198. The molecule has 1 aliphatic rings. The molecule has 1 heteroatoms. The third kappa shape index (κ3) is 9.83. The van der Waals surface area contributed by atoms with Crippen molar-refractivity contribution in [1.82, 2.24) is 0 Å². The summed E-state index contributed by atoms with van der Waals surface area (Å²) in [5.41, 5.74) is 0. The number of hydrogen-bond donors (Lipinski definition) is 0. The van der Waals surface area contributed by atoms with Crippen LogP contribution in [0.4, 0.5) is 0 Å². The predicted molar refractivity (Wildman–Crippen MR) is 106 cm³/mol. The Morgan fingerprint density at radius 1 is 0.500 bits per heavy atom. The average Bonchev–Trinajstić information content (AvgIpc) is 2.55. The molecule has 1 saturated heterocycles. The van der Waals surface area contributed by atoms with Crippen molar-refractivity contribution in [1.29, 1.82) is 0 Å². The Morgan fingerprint density at radius 3 is 1.36 bits per heavy atom. The summed E-state index contributed by atoms with van der Waals surface area (Å²) < 4.78 is 7.04. The third-order valence-corrected chi connectivity index (χ3v) is 22.2. The molecule has 1 fully saturated rings. The van der Waals surface area contributed by atoms with Crippen molar-refractivity contribution < 1.29 is 0 Å². The van der Waals surface area contributed by atoms with E-state index >= 15 is 0 Å². The second-order valence-corrected chi connectivity index (χ2v) is 22.4. The molecule has 1 rings (SSSR count). The van der Waals surface area contributed by atoms with E-state index in [-0.39, 0.29) is 0 Å². The van der Waals surface area contributed by atoms with Crippen molar-refractivity contribution in [2.75, 3.05) is 0 Å². The first kappa shape index (κ1) is 20.8. The zero-order valence-electron chi connectivity index (χ0n) is 15.9. The fourth-order valence-electron chi connectivity index (χ4n) is 4.49. The van der Waals surface area contributed by atoms with Gasteiger partial charge in [0.15, 0.2) is 0 Å². The molecule has 0 aromatic carbocycles. The van der Waals surface area contributed by atoms with Crippen LogP contribution in [0.1, 0.15) is 110 Å². The first-order valence-corrected chi connectivity index (χ1v) is 18.9. The van der Waals surface area contributed by atoms with Gasteiger partial charge in [0.05, 0.1) is 0 Å². The molecule has 0 nitrogen and oxygen atoms in total. The minimum absolute atomic E-state index is 1.39. The van der Waals surface area contributed by atoms with E-state index in [1.165, 1.54) is 51.4 Å². The first-order valence-electron chi connectivity index (χ1n) is 10.8. The van der Waals surface area contributed by atoms with Gasteiger partial charge in [-0.15, -0.1) is 0 Å². The number of rotatable bonds is 14. The molecule has 0 spiro atoms. The molecule has 0 amide bonds. The molecule has 0 atom stereocenters. The van der Waals surface area contributed by atoms with Crippen LogP contribution in [0.5, 0.6) is 0 Å². The molecule has 0 aromatic heterocycles. The van der Waals surface area contributed by atoms with Gasteiger partial charge in [-0.3, -0.25) is 0 Å². The van der Waals surface area contributed by atoms with Crippen molar-refractivity contribution in [3.05, 3.63) is 0 Å². The standard InChI is InChI=1S/2C8H17.C5H10.Sn/c2*1-3-5-7-8-6-4-2;1-3-5-4-2;/h2*1,3-8H2,2H3;1-5H2;. The topological polar surface area (TPSA) is 0 Å². The van der Waals surface area contributed by atoms with Gasteiger partial charge in [-0.05, 0) is 0 Å². The molecule has 0 radical (unpaired) electrons. The molecule has 0 N–H and O–H groups in total. The summed E-state index contributed by atoms with van der Waals surface area (Å²) in [7, 11) is 0. The van der Waals surface area contributed by atoms with E-state index in [9.17, 15) is 0 Å². The Kier molecular flexibility index (Phi) is 13.4. The van der Waals surface area contributed by atoms with E-state index < -0.39 is 18.4 Å². The predicted octanol–water partition coefficient (Wildman–Crippen LogP) is 8.34. The van der Waals surface area contributed by atoms with E-state index in [0.29, 0.717) is 0 Å². The summed E-state index contributed by atoms with van der Waals surface area (Å²) in [5, 5.41) is 0. The fraction of sp³-hybridized carbons (Fsp3) is 1.00. The van der Waals surface area contributed by atoms with Gasteiger partial charge in [-0.25, -0.2) is 0 Å². The van der Waals surface area contributed by atoms with E-state index in [4.69, 9.17) is 0 Å². The van der Waals surface area contributed by atoms with Crippen LogP contribution in [0.15, 0.2) is 0 Å². The van der Waals surface area contributed by atoms with Crippen LogP contribution in [0.3, 0.4) is 0 Å². The molecule has 1 aliphatic heterocycles. The van der Waals surface area contributed by atoms with Crippen LogP contribution in [0.25, 0.3) is 0 Å². The maximum absolute atomic E-state index is 2.33. The van der Waals surface area contributed by atoms with Crippen molar-refractivity contribution in [2.45, 2.75) is 128 Å². The Bertz CT molecular complexity index is 212. The van der Waals surface area contributed by atoms with Gasteiger partial charge >= 0.3 is 146 Å². The van der Waals surface area contributed by atoms with Crippen LogP contribution in [-0.2, 0) is 0 Å². The van der Waals surface area contributed by atoms with Crippen molar-refractivity contribution in [2.24, 2.45) is 0 Å². The molecule has 1 heterocycles. The molecule has 0 aromatic rings. The summed E-state index contributed by atoms with van der Waals surface area (Å²) in [5.74, 6) is 0. The Balaban J connectivity index is 2.17. The maximum atomic E-state index is 2.33. The fourth-order valence-corrected chi connectivity index (χ4v) is 20.2. The normalized spacial score (nSPS) is 17.7. The second-order valence-electron chi connectivity index (χ2n) is 8.10. The molecule has 0 aliphatic carbocycles. The first-order chi connectivity index (χ1) is 10.8. The molecule has 132 valence electrons. The van der Waals surface area contributed by atoms with Crippen LogP contribution in [-0.4, -0.2) is 18.4 Å².